The van der Waals surface area contributed by atoms with Gasteiger partial charge in [0, 0.05) is 30.2 Å². The maximum absolute atomic E-state index is 12.2. The average molecular weight is 281 g/mol. The van der Waals surface area contributed by atoms with Gasteiger partial charge < -0.3 is 10.2 Å². The van der Waals surface area contributed by atoms with Crippen molar-refractivity contribution in [2.75, 3.05) is 18.0 Å². The van der Waals surface area contributed by atoms with Crippen LogP contribution in [0.25, 0.3) is 0 Å². The minimum Gasteiger partial charge on any atom is -0.343 e. The van der Waals surface area contributed by atoms with Gasteiger partial charge in [0.25, 0.3) is 5.91 Å². The first-order chi connectivity index (χ1) is 10.3. The fraction of sp³-hybridized carbons (Fsp3) is 0.188. The van der Waals surface area contributed by atoms with E-state index in [1.54, 1.807) is 29.4 Å². The average Bonchev–Trinajstić information content (AvgIpc) is 2.97. The predicted molar refractivity (Wildman–Crippen MR) is 79.1 cm³/mol. The van der Waals surface area contributed by atoms with Crippen LogP contribution in [-0.2, 0) is 11.2 Å². The van der Waals surface area contributed by atoms with E-state index in [0.29, 0.717) is 12.1 Å². The fourth-order valence-electron chi connectivity index (χ4n) is 2.45. The highest BCUT2D eigenvalue weighted by atomic mass is 16.2. The van der Waals surface area contributed by atoms with Gasteiger partial charge in [-0.3, -0.25) is 14.6 Å². The zero-order chi connectivity index (χ0) is 14.7. The van der Waals surface area contributed by atoms with Gasteiger partial charge in [0.1, 0.15) is 0 Å². The number of aromatic nitrogens is 1. The molecule has 0 fully saturated rings. The van der Waals surface area contributed by atoms with Crippen molar-refractivity contribution in [2.24, 2.45) is 0 Å². The van der Waals surface area contributed by atoms with Crippen LogP contribution in [0.4, 0.5) is 5.69 Å². The number of amides is 2. The second-order valence-electron chi connectivity index (χ2n) is 4.84. The number of nitrogens with one attached hydrogen (secondary N) is 1. The molecule has 0 bridgehead atoms. The van der Waals surface area contributed by atoms with Crippen LogP contribution in [0.1, 0.15) is 15.9 Å². The van der Waals surface area contributed by atoms with Crippen LogP contribution in [0, 0.1) is 0 Å². The molecular formula is C16H15N3O2. The van der Waals surface area contributed by atoms with Crippen molar-refractivity contribution >= 4 is 17.5 Å². The van der Waals surface area contributed by atoms with Gasteiger partial charge in [0.15, 0.2) is 0 Å². The molecule has 0 radical (unpaired) electrons. The Bertz CT molecular complexity index is 670. The molecular weight excluding hydrogens is 266 g/mol. The number of rotatable bonds is 3. The maximum atomic E-state index is 12.2. The van der Waals surface area contributed by atoms with Gasteiger partial charge in [-0.05, 0) is 30.2 Å². The van der Waals surface area contributed by atoms with E-state index in [0.717, 1.165) is 12.1 Å². The first-order valence-electron chi connectivity index (χ1n) is 6.82. The summed E-state index contributed by atoms with van der Waals surface area (Å²) in [5.41, 5.74) is 2.62. The van der Waals surface area contributed by atoms with Crippen LogP contribution < -0.4 is 10.2 Å². The number of pyridine rings is 1. The standard InChI is InChI=1S/C16H15N3O2/c20-15(11-18-16(21)13-5-8-17-9-6-13)19-10-7-12-3-1-2-4-14(12)19/h1-6,8-9H,7,10-11H2,(H,18,21). The lowest BCUT2D eigenvalue weighted by molar-refractivity contribution is -0.117. The van der Waals surface area contributed by atoms with Gasteiger partial charge in [-0.15, -0.1) is 0 Å². The molecule has 2 aromatic rings. The monoisotopic (exact) mass is 281 g/mol. The van der Waals surface area contributed by atoms with Crippen molar-refractivity contribution in [1.29, 1.82) is 0 Å². The topological polar surface area (TPSA) is 62.3 Å². The smallest absolute Gasteiger partial charge is 0.251 e. The van der Waals surface area contributed by atoms with Crippen LogP contribution in [0.3, 0.4) is 0 Å². The van der Waals surface area contributed by atoms with Crippen molar-refractivity contribution in [3.8, 4) is 0 Å². The zero-order valence-corrected chi connectivity index (χ0v) is 11.5. The Kier molecular flexibility index (Phi) is 3.64. The van der Waals surface area contributed by atoms with Gasteiger partial charge in [-0.1, -0.05) is 18.2 Å². The molecule has 2 amide bonds. The lowest BCUT2D eigenvalue weighted by Crippen LogP contribution is -2.39. The third kappa shape index (κ3) is 2.76. The molecule has 3 rings (SSSR count). The minimum absolute atomic E-state index is 0.00447. The molecule has 1 aliphatic heterocycles. The van der Waals surface area contributed by atoms with Crippen molar-refractivity contribution < 1.29 is 9.59 Å². The minimum atomic E-state index is -0.266. The van der Waals surface area contributed by atoms with Crippen molar-refractivity contribution in [3.63, 3.8) is 0 Å². The van der Waals surface area contributed by atoms with Crippen molar-refractivity contribution in [2.45, 2.75) is 6.42 Å². The third-order valence-electron chi connectivity index (χ3n) is 3.53. The molecule has 21 heavy (non-hydrogen) atoms. The number of benzene rings is 1. The summed E-state index contributed by atoms with van der Waals surface area (Å²) in [6.07, 6.45) is 3.96. The summed E-state index contributed by atoms with van der Waals surface area (Å²) in [5.74, 6) is -0.361. The summed E-state index contributed by atoms with van der Waals surface area (Å²) in [6, 6.07) is 11.1. The molecule has 5 nitrogen and oxygen atoms in total. The molecule has 0 saturated heterocycles. The summed E-state index contributed by atoms with van der Waals surface area (Å²) < 4.78 is 0. The van der Waals surface area contributed by atoms with Gasteiger partial charge in [-0.25, -0.2) is 0 Å². The maximum Gasteiger partial charge on any atom is 0.251 e. The zero-order valence-electron chi connectivity index (χ0n) is 11.5. The molecule has 0 saturated carbocycles. The first-order valence-corrected chi connectivity index (χ1v) is 6.82. The van der Waals surface area contributed by atoms with Crippen LogP contribution in [0.15, 0.2) is 48.8 Å². The highest BCUT2D eigenvalue weighted by molar-refractivity contribution is 6.01. The number of hydrogen-bond acceptors (Lipinski definition) is 3. The van der Waals surface area contributed by atoms with Crippen molar-refractivity contribution in [3.05, 3.63) is 59.9 Å². The van der Waals surface area contributed by atoms with Gasteiger partial charge >= 0.3 is 0 Å². The second kappa shape index (κ2) is 5.75. The summed E-state index contributed by atoms with van der Waals surface area (Å²) in [6.45, 7) is 0.665. The molecule has 106 valence electrons. The Balaban J connectivity index is 1.62. The molecule has 1 aliphatic rings. The van der Waals surface area contributed by atoms with Crippen LogP contribution in [0.2, 0.25) is 0 Å². The first kappa shape index (κ1) is 13.3. The summed E-state index contributed by atoms with van der Waals surface area (Å²) in [4.78, 5) is 29.7. The fourth-order valence-corrected chi connectivity index (χ4v) is 2.45. The molecule has 1 aromatic carbocycles. The number of hydrogen-bond donors (Lipinski definition) is 1. The molecule has 1 N–H and O–H groups in total. The van der Waals surface area contributed by atoms with Gasteiger partial charge in [-0.2, -0.15) is 0 Å². The van der Waals surface area contributed by atoms with E-state index >= 15 is 0 Å². The van der Waals surface area contributed by atoms with Crippen molar-refractivity contribution in [1.82, 2.24) is 10.3 Å². The SMILES string of the molecule is O=C(NCC(=O)N1CCc2ccccc21)c1ccncc1. The summed E-state index contributed by atoms with van der Waals surface area (Å²) in [5, 5.41) is 2.65. The molecule has 2 heterocycles. The van der Waals surface area contributed by atoms with E-state index in [-0.39, 0.29) is 18.4 Å². The Morgan fingerprint density at radius 3 is 2.71 bits per heavy atom. The van der Waals surface area contributed by atoms with E-state index < -0.39 is 0 Å². The summed E-state index contributed by atoms with van der Waals surface area (Å²) in [7, 11) is 0. The Morgan fingerprint density at radius 2 is 1.90 bits per heavy atom. The van der Waals surface area contributed by atoms with E-state index in [2.05, 4.69) is 10.3 Å². The number of anilines is 1. The summed E-state index contributed by atoms with van der Waals surface area (Å²) >= 11 is 0. The number of carbonyl (C=O) groups excluding carboxylic acids is 2. The second-order valence-corrected chi connectivity index (χ2v) is 4.84. The van der Waals surface area contributed by atoms with Crippen LogP contribution in [-0.4, -0.2) is 29.9 Å². The molecule has 0 aliphatic carbocycles. The van der Waals surface area contributed by atoms with Gasteiger partial charge in [0.2, 0.25) is 5.91 Å². The Labute approximate surface area is 122 Å². The van der Waals surface area contributed by atoms with E-state index in [4.69, 9.17) is 0 Å². The largest absolute Gasteiger partial charge is 0.343 e. The third-order valence-corrected chi connectivity index (χ3v) is 3.53. The Morgan fingerprint density at radius 1 is 1.14 bits per heavy atom. The van der Waals surface area contributed by atoms with E-state index in [9.17, 15) is 9.59 Å². The number of para-hydroxylation sites is 1. The van der Waals surface area contributed by atoms with Crippen LogP contribution in [0.5, 0.6) is 0 Å². The highest BCUT2D eigenvalue weighted by Crippen LogP contribution is 2.27. The van der Waals surface area contributed by atoms with E-state index in [1.165, 1.54) is 5.56 Å². The number of carbonyl (C=O) groups is 2. The molecule has 1 aromatic heterocycles. The number of fused-ring (bicyclic) bond motifs is 1. The highest BCUT2D eigenvalue weighted by Gasteiger charge is 2.24. The predicted octanol–water partition coefficient (Wildman–Crippen LogP) is 1.40. The Hall–Kier alpha value is -2.69. The molecule has 5 heteroatoms. The lowest BCUT2D eigenvalue weighted by Gasteiger charge is -2.17. The quantitative estimate of drug-likeness (QED) is 0.925. The lowest BCUT2D eigenvalue weighted by atomic mass is 10.2. The molecule has 0 unspecified atom stereocenters. The normalized spacial score (nSPS) is 12.9. The number of nitrogens with zero attached hydrogens (tertiary/aromatic N) is 2. The van der Waals surface area contributed by atoms with Crippen LogP contribution >= 0.6 is 0 Å². The van der Waals surface area contributed by atoms with E-state index in [1.807, 2.05) is 24.3 Å². The molecule has 0 spiro atoms. The van der Waals surface area contributed by atoms with Gasteiger partial charge in [0.05, 0.1) is 6.54 Å². The molecule has 0 atom stereocenters.